The van der Waals surface area contributed by atoms with Crippen LogP contribution in [0.2, 0.25) is 0 Å². The van der Waals surface area contributed by atoms with Gasteiger partial charge in [0.05, 0.1) is 10.6 Å². The van der Waals surface area contributed by atoms with Gasteiger partial charge in [0.25, 0.3) is 0 Å². The zero-order valence-electron chi connectivity index (χ0n) is 7.73. The van der Waals surface area contributed by atoms with Crippen molar-refractivity contribution in [3.05, 3.63) is 18.2 Å². The normalized spacial score (nSPS) is 11.5. The van der Waals surface area contributed by atoms with Crippen molar-refractivity contribution >= 4 is 21.2 Å². The molecule has 5 nitrogen and oxygen atoms in total. The Balaban J connectivity index is 3.25. The van der Waals surface area contributed by atoms with Gasteiger partial charge in [0.15, 0.2) is 5.94 Å². The van der Waals surface area contributed by atoms with E-state index in [4.69, 9.17) is 11.5 Å². The Labute approximate surface area is 82.6 Å². The van der Waals surface area contributed by atoms with Crippen LogP contribution in [-0.2, 0) is 14.6 Å². The average molecular weight is 216 g/mol. The molecule has 0 heterocycles. The summed E-state index contributed by atoms with van der Waals surface area (Å²) in [5.41, 5.74) is 11.5. The standard InChI is InChI=1S/C8H12N2O3S/c1-13-5-14(11,12)8-4-6(9)2-3-7(8)10/h2-4H,5,9-10H2,1H3. The second kappa shape index (κ2) is 3.85. The first-order valence-corrected chi connectivity index (χ1v) is 5.49. The first kappa shape index (κ1) is 10.8. The summed E-state index contributed by atoms with van der Waals surface area (Å²) in [5.74, 6) is -0.402. The maximum Gasteiger partial charge on any atom is 0.204 e. The first-order valence-electron chi connectivity index (χ1n) is 3.84. The molecular formula is C8H12N2O3S. The summed E-state index contributed by atoms with van der Waals surface area (Å²) in [7, 11) is -2.19. The highest BCUT2D eigenvalue weighted by Crippen LogP contribution is 2.22. The van der Waals surface area contributed by atoms with Crippen molar-refractivity contribution < 1.29 is 13.2 Å². The molecule has 6 heteroatoms. The van der Waals surface area contributed by atoms with Gasteiger partial charge < -0.3 is 16.2 Å². The summed E-state index contributed by atoms with van der Waals surface area (Å²) in [5, 5.41) is 0. The lowest BCUT2D eigenvalue weighted by molar-refractivity contribution is 0.250. The molecule has 78 valence electrons. The van der Waals surface area contributed by atoms with E-state index >= 15 is 0 Å². The van der Waals surface area contributed by atoms with E-state index in [2.05, 4.69) is 4.74 Å². The van der Waals surface area contributed by atoms with E-state index in [0.29, 0.717) is 5.69 Å². The molecule has 0 unspecified atom stereocenters. The van der Waals surface area contributed by atoms with Crippen molar-refractivity contribution in [1.29, 1.82) is 0 Å². The third kappa shape index (κ3) is 2.15. The largest absolute Gasteiger partial charge is 0.399 e. The summed E-state index contributed by atoms with van der Waals surface area (Å²) < 4.78 is 27.7. The van der Waals surface area contributed by atoms with Crippen molar-refractivity contribution in [2.24, 2.45) is 0 Å². The van der Waals surface area contributed by atoms with Crippen LogP contribution < -0.4 is 11.5 Å². The average Bonchev–Trinajstić information content (AvgIpc) is 2.09. The van der Waals surface area contributed by atoms with Crippen LogP contribution in [0.25, 0.3) is 0 Å². The molecule has 0 saturated carbocycles. The number of nitrogen functional groups attached to an aromatic ring is 2. The number of hydrogen-bond acceptors (Lipinski definition) is 5. The summed E-state index contributed by atoms with van der Waals surface area (Å²) >= 11 is 0. The molecule has 0 radical (unpaired) electrons. The van der Waals surface area contributed by atoms with Crippen molar-refractivity contribution in [2.45, 2.75) is 4.90 Å². The molecule has 0 atom stereocenters. The SMILES string of the molecule is COCS(=O)(=O)c1cc(N)ccc1N. The van der Waals surface area contributed by atoms with Crippen LogP contribution >= 0.6 is 0 Å². The number of methoxy groups -OCH3 is 1. The van der Waals surface area contributed by atoms with Gasteiger partial charge in [-0.05, 0) is 18.2 Å². The Morgan fingerprint density at radius 3 is 2.57 bits per heavy atom. The van der Waals surface area contributed by atoms with Crippen LogP contribution in [0.15, 0.2) is 23.1 Å². The number of hydrogen-bond donors (Lipinski definition) is 2. The molecule has 14 heavy (non-hydrogen) atoms. The summed E-state index contributed by atoms with van der Waals surface area (Å²) in [4.78, 5) is 0.0133. The molecule has 0 fully saturated rings. The number of ether oxygens (including phenoxy) is 1. The van der Waals surface area contributed by atoms with E-state index in [1.165, 1.54) is 19.2 Å². The second-order valence-electron chi connectivity index (χ2n) is 2.82. The van der Waals surface area contributed by atoms with E-state index in [0.717, 1.165) is 0 Å². The van der Waals surface area contributed by atoms with Gasteiger partial charge in [0, 0.05) is 12.8 Å². The first-order chi connectivity index (χ1) is 6.47. The molecule has 0 saturated heterocycles. The molecule has 0 bridgehead atoms. The lowest BCUT2D eigenvalue weighted by Crippen LogP contribution is -2.11. The third-order valence-corrected chi connectivity index (χ3v) is 3.22. The smallest absolute Gasteiger partial charge is 0.204 e. The van der Waals surface area contributed by atoms with E-state index in [9.17, 15) is 8.42 Å². The topological polar surface area (TPSA) is 95.4 Å². The molecule has 1 aromatic carbocycles. The van der Waals surface area contributed by atoms with Gasteiger partial charge in [0.1, 0.15) is 0 Å². The van der Waals surface area contributed by atoms with Gasteiger partial charge in [-0.25, -0.2) is 8.42 Å². The minimum Gasteiger partial charge on any atom is -0.399 e. The van der Waals surface area contributed by atoms with Gasteiger partial charge >= 0.3 is 0 Å². The fourth-order valence-corrected chi connectivity index (χ4v) is 2.22. The van der Waals surface area contributed by atoms with Crippen LogP contribution in [0.3, 0.4) is 0 Å². The molecule has 0 aromatic heterocycles. The molecular weight excluding hydrogens is 204 g/mol. The Hall–Kier alpha value is -1.27. The molecule has 1 aromatic rings. The van der Waals surface area contributed by atoms with Crippen LogP contribution in [0.1, 0.15) is 0 Å². The fourth-order valence-electron chi connectivity index (χ4n) is 1.04. The van der Waals surface area contributed by atoms with E-state index in [1.807, 2.05) is 0 Å². The van der Waals surface area contributed by atoms with Gasteiger partial charge in [-0.15, -0.1) is 0 Å². The van der Waals surface area contributed by atoms with Gasteiger partial charge in [0.2, 0.25) is 9.84 Å². The minimum atomic E-state index is -3.49. The van der Waals surface area contributed by atoms with Crippen LogP contribution in [-0.4, -0.2) is 21.5 Å². The number of sulfone groups is 1. The number of benzene rings is 1. The van der Waals surface area contributed by atoms with Crippen LogP contribution in [0.4, 0.5) is 11.4 Å². The highest BCUT2D eigenvalue weighted by atomic mass is 32.2. The minimum absolute atomic E-state index is 0.0133. The van der Waals surface area contributed by atoms with Gasteiger partial charge in [-0.2, -0.15) is 0 Å². The van der Waals surface area contributed by atoms with E-state index in [1.54, 1.807) is 6.07 Å². The lowest BCUT2D eigenvalue weighted by Gasteiger charge is -2.06. The van der Waals surface area contributed by atoms with Crippen molar-refractivity contribution in [3.63, 3.8) is 0 Å². The van der Waals surface area contributed by atoms with Crippen LogP contribution in [0, 0.1) is 0 Å². The quantitative estimate of drug-likeness (QED) is 0.705. The Morgan fingerprint density at radius 2 is 2.00 bits per heavy atom. The summed E-state index contributed by atoms with van der Waals surface area (Å²) in [6, 6.07) is 4.32. The number of nitrogens with two attached hydrogens (primary N) is 2. The molecule has 0 aliphatic heterocycles. The predicted octanol–water partition coefficient (Wildman–Crippen LogP) is 0.229. The molecule has 0 aliphatic carbocycles. The van der Waals surface area contributed by atoms with E-state index in [-0.39, 0.29) is 10.6 Å². The number of rotatable bonds is 3. The predicted molar refractivity (Wildman–Crippen MR) is 54.3 cm³/mol. The van der Waals surface area contributed by atoms with E-state index < -0.39 is 15.8 Å². The molecule has 1 rings (SSSR count). The zero-order chi connectivity index (χ0) is 10.8. The summed E-state index contributed by atoms with van der Waals surface area (Å²) in [6.45, 7) is 0. The Bertz CT molecular complexity index is 428. The lowest BCUT2D eigenvalue weighted by atomic mass is 10.3. The maximum absolute atomic E-state index is 11.5. The monoisotopic (exact) mass is 216 g/mol. The molecule has 0 aliphatic rings. The van der Waals surface area contributed by atoms with Gasteiger partial charge in [-0.3, -0.25) is 0 Å². The summed E-state index contributed by atoms with van der Waals surface area (Å²) in [6.07, 6.45) is 0. The highest BCUT2D eigenvalue weighted by molar-refractivity contribution is 7.91. The zero-order valence-corrected chi connectivity index (χ0v) is 8.54. The third-order valence-electron chi connectivity index (χ3n) is 1.65. The van der Waals surface area contributed by atoms with Crippen molar-refractivity contribution in [2.75, 3.05) is 24.5 Å². The molecule has 4 N–H and O–H groups in total. The Morgan fingerprint density at radius 1 is 1.36 bits per heavy atom. The van der Waals surface area contributed by atoms with Crippen LogP contribution in [0.5, 0.6) is 0 Å². The number of anilines is 2. The molecule has 0 spiro atoms. The second-order valence-corrected chi connectivity index (χ2v) is 4.72. The Kier molecular flexibility index (Phi) is 2.97. The maximum atomic E-state index is 11.5. The fraction of sp³-hybridized carbons (Fsp3) is 0.250. The van der Waals surface area contributed by atoms with Crippen molar-refractivity contribution in [1.82, 2.24) is 0 Å². The van der Waals surface area contributed by atoms with Gasteiger partial charge in [-0.1, -0.05) is 0 Å². The highest BCUT2D eigenvalue weighted by Gasteiger charge is 2.17. The van der Waals surface area contributed by atoms with Crippen molar-refractivity contribution in [3.8, 4) is 0 Å². The molecule has 0 amide bonds.